The molecule has 2 N–H and O–H groups in total. The molecule has 324 valence electrons. The number of benzene rings is 4. The van der Waals surface area contributed by atoms with Crippen molar-refractivity contribution in [1.82, 2.24) is 20.6 Å². The normalized spacial score (nSPS) is 13.3. The predicted octanol–water partition coefficient (Wildman–Crippen LogP) is 11.3. The van der Waals surface area contributed by atoms with E-state index in [9.17, 15) is 18.4 Å². The van der Waals surface area contributed by atoms with Gasteiger partial charge in [0.25, 0.3) is 11.8 Å². The minimum Gasteiger partial charge on any atom is -0.462 e. The minimum absolute atomic E-state index is 0.0991. The zero-order valence-electron chi connectivity index (χ0n) is 35.6. The summed E-state index contributed by atoms with van der Waals surface area (Å²) in [6.45, 7) is 10.9. The maximum absolute atomic E-state index is 14.0. The Labute approximate surface area is 373 Å². The molecule has 6 aromatic rings. The van der Waals surface area contributed by atoms with Crippen LogP contribution in [0.1, 0.15) is 81.5 Å². The molecule has 6 rings (SSSR count). The summed E-state index contributed by atoms with van der Waals surface area (Å²) in [7, 11) is 0. The summed E-state index contributed by atoms with van der Waals surface area (Å²) < 4.78 is 39.5. The van der Waals surface area contributed by atoms with Gasteiger partial charge >= 0.3 is 0 Å². The Kier molecular flexibility index (Phi) is 16.6. The molecule has 0 bridgehead atoms. The number of hydrogen-bond donors (Lipinski definition) is 2. The second-order valence-corrected chi connectivity index (χ2v) is 16.9. The van der Waals surface area contributed by atoms with Crippen LogP contribution in [0.25, 0.3) is 0 Å². The molecule has 0 radical (unpaired) electrons. The van der Waals surface area contributed by atoms with E-state index in [1.54, 1.807) is 76.5 Å². The standard InChI is InChI=1S/C25H25ClF2N2O2.C25H27ClN2O2/c1-16(17-7-9-19(26)10-8-17)22(18-12-20(27)14-21(28)13-18)15-30-24(31)25(2,3)32-23-6-4-5-11-29-23;1-18(28-24(29)25(2,3)30-23-11-7-8-16-27-23)22(20-9-5-4-6-10-20)17-19-12-14-21(26)15-13-19/h4-14,16,22H,15H2,1-3H3,(H,30,31);4-16,18,22H,17H2,1-3H3,(H,28,29). The highest BCUT2D eigenvalue weighted by Gasteiger charge is 2.34. The number of aromatic nitrogens is 2. The number of ether oxygens (including phenoxy) is 2. The Bertz CT molecular complexity index is 2320. The van der Waals surface area contributed by atoms with E-state index < -0.39 is 28.8 Å². The second-order valence-electron chi connectivity index (χ2n) is 16.0. The van der Waals surface area contributed by atoms with Gasteiger partial charge < -0.3 is 20.1 Å². The molecule has 0 saturated carbocycles. The van der Waals surface area contributed by atoms with Crippen molar-refractivity contribution in [3.8, 4) is 11.8 Å². The fraction of sp³-hybridized carbons (Fsp3) is 0.280. The average molecular weight is 882 g/mol. The van der Waals surface area contributed by atoms with E-state index in [4.69, 9.17) is 32.7 Å². The van der Waals surface area contributed by atoms with Gasteiger partial charge in [-0.1, -0.05) is 96.9 Å². The lowest BCUT2D eigenvalue weighted by Crippen LogP contribution is -2.51. The maximum Gasteiger partial charge on any atom is 0.263 e. The summed E-state index contributed by atoms with van der Waals surface area (Å²) in [6, 6.07) is 39.2. The van der Waals surface area contributed by atoms with Gasteiger partial charge in [-0.2, -0.15) is 0 Å². The van der Waals surface area contributed by atoms with Crippen LogP contribution in [0.2, 0.25) is 10.0 Å². The number of pyridine rings is 2. The van der Waals surface area contributed by atoms with Gasteiger partial charge in [0.1, 0.15) is 11.6 Å². The van der Waals surface area contributed by atoms with Crippen LogP contribution in [-0.2, 0) is 16.0 Å². The van der Waals surface area contributed by atoms with E-state index in [0.717, 1.165) is 18.1 Å². The first kappa shape index (κ1) is 47.2. The van der Waals surface area contributed by atoms with Gasteiger partial charge in [0, 0.05) is 65.1 Å². The highest BCUT2D eigenvalue weighted by Crippen LogP contribution is 2.34. The Balaban J connectivity index is 0.000000235. The summed E-state index contributed by atoms with van der Waals surface area (Å²) in [4.78, 5) is 34.2. The quantitative estimate of drug-likeness (QED) is 0.100. The fourth-order valence-electron chi connectivity index (χ4n) is 6.86. The number of amides is 2. The molecule has 4 unspecified atom stereocenters. The minimum atomic E-state index is -1.20. The van der Waals surface area contributed by atoms with Crippen LogP contribution >= 0.6 is 23.2 Å². The highest BCUT2D eigenvalue weighted by molar-refractivity contribution is 6.30. The van der Waals surface area contributed by atoms with Crippen LogP contribution in [0.4, 0.5) is 8.78 Å². The van der Waals surface area contributed by atoms with E-state index in [-0.39, 0.29) is 36.2 Å². The molecule has 0 saturated heterocycles. The summed E-state index contributed by atoms with van der Waals surface area (Å²) in [6.07, 6.45) is 4.00. The van der Waals surface area contributed by atoms with Gasteiger partial charge in [0.2, 0.25) is 11.8 Å². The molecule has 12 heteroatoms. The first-order chi connectivity index (χ1) is 29.5. The lowest BCUT2D eigenvalue weighted by atomic mass is 9.82. The molecule has 2 aromatic heterocycles. The first-order valence-electron chi connectivity index (χ1n) is 20.3. The van der Waals surface area contributed by atoms with Crippen LogP contribution in [0, 0.1) is 11.6 Å². The van der Waals surface area contributed by atoms with Crippen molar-refractivity contribution < 1.29 is 27.8 Å². The van der Waals surface area contributed by atoms with E-state index in [0.29, 0.717) is 27.4 Å². The van der Waals surface area contributed by atoms with Gasteiger partial charge in [-0.05, 0) is 118 Å². The maximum atomic E-state index is 14.0. The van der Waals surface area contributed by atoms with Gasteiger partial charge in [-0.25, -0.2) is 18.7 Å². The van der Waals surface area contributed by atoms with Crippen molar-refractivity contribution >= 4 is 35.0 Å². The summed E-state index contributed by atoms with van der Waals surface area (Å²) in [5.74, 6) is -1.59. The monoisotopic (exact) mass is 880 g/mol. The smallest absolute Gasteiger partial charge is 0.263 e. The lowest BCUT2D eigenvalue weighted by Gasteiger charge is -2.30. The number of nitrogens with one attached hydrogen (secondary N) is 2. The Morgan fingerprint density at radius 1 is 0.613 bits per heavy atom. The third kappa shape index (κ3) is 13.8. The van der Waals surface area contributed by atoms with Crippen LogP contribution in [-0.4, -0.2) is 45.6 Å². The van der Waals surface area contributed by atoms with E-state index in [1.165, 1.54) is 23.3 Å². The van der Waals surface area contributed by atoms with Gasteiger partial charge in [0.15, 0.2) is 11.2 Å². The predicted molar refractivity (Wildman–Crippen MR) is 242 cm³/mol. The number of rotatable bonds is 16. The Morgan fingerprint density at radius 3 is 1.63 bits per heavy atom. The molecule has 0 aliphatic rings. The molecule has 62 heavy (non-hydrogen) atoms. The fourth-order valence-corrected chi connectivity index (χ4v) is 7.11. The average Bonchev–Trinajstić information content (AvgIpc) is 3.24. The van der Waals surface area contributed by atoms with E-state index in [2.05, 4.69) is 32.7 Å². The van der Waals surface area contributed by atoms with Crippen molar-refractivity contribution in [3.05, 3.63) is 190 Å². The Morgan fingerprint density at radius 2 is 1.11 bits per heavy atom. The number of hydrogen-bond acceptors (Lipinski definition) is 6. The zero-order valence-corrected chi connectivity index (χ0v) is 37.1. The highest BCUT2D eigenvalue weighted by atomic mass is 35.5. The molecule has 0 aliphatic heterocycles. The molecule has 4 aromatic carbocycles. The summed E-state index contributed by atoms with van der Waals surface area (Å²) >= 11 is 12.0. The number of carbonyl (C=O) groups is 2. The van der Waals surface area contributed by atoms with Crippen molar-refractivity contribution in [2.45, 2.75) is 83.0 Å². The zero-order chi connectivity index (χ0) is 44.9. The Hall–Kier alpha value is -5.84. The van der Waals surface area contributed by atoms with Crippen molar-refractivity contribution in [3.63, 3.8) is 0 Å². The molecule has 4 atom stereocenters. The third-order valence-electron chi connectivity index (χ3n) is 10.4. The second kappa shape index (κ2) is 21.8. The van der Waals surface area contributed by atoms with Crippen molar-refractivity contribution in [1.29, 1.82) is 0 Å². The molecule has 8 nitrogen and oxygen atoms in total. The topological polar surface area (TPSA) is 102 Å². The molecule has 0 fully saturated rings. The summed E-state index contributed by atoms with van der Waals surface area (Å²) in [5, 5.41) is 7.34. The van der Waals surface area contributed by atoms with Crippen LogP contribution in [0.5, 0.6) is 11.8 Å². The molecule has 0 spiro atoms. The van der Waals surface area contributed by atoms with Gasteiger partial charge in [0.05, 0.1) is 0 Å². The largest absolute Gasteiger partial charge is 0.462 e. The first-order valence-corrected chi connectivity index (χ1v) is 21.1. The van der Waals surface area contributed by atoms with Crippen molar-refractivity contribution in [2.24, 2.45) is 0 Å². The number of carbonyl (C=O) groups excluding carboxylic acids is 2. The lowest BCUT2D eigenvalue weighted by molar-refractivity contribution is -0.135. The molecular weight excluding hydrogens is 829 g/mol. The van der Waals surface area contributed by atoms with Crippen LogP contribution in [0.15, 0.2) is 146 Å². The van der Waals surface area contributed by atoms with E-state index >= 15 is 0 Å². The van der Waals surface area contributed by atoms with Gasteiger partial charge in [-0.3, -0.25) is 9.59 Å². The third-order valence-corrected chi connectivity index (χ3v) is 10.9. The molecule has 2 amide bonds. The van der Waals surface area contributed by atoms with E-state index in [1.807, 2.05) is 80.6 Å². The molecule has 2 heterocycles. The molecular formula is C50H52Cl2F2N4O4. The van der Waals surface area contributed by atoms with Gasteiger partial charge in [-0.15, -0.1) is 0 Å². The van der Waals surface area contributed by atoms with Crippen molar-refractivity contribution in [2.75, 3.05) is 6.54 Å². The SMILES string of the molecule is CC(NC(=O)C(C)(C)Oc1ccccn1)C(Cc1ccc(Cl)cc1)c1ccccc1.CC(c1ccc(Cl)cc1)C(CNC(=O)C(C)(C)Oc1ccccn1)c1cc(F)cc(F)c1. The number of halogens is 4. The molecule has 0 aliphatic carbocycles. The summed E-state index contributed by atoms with van der Waals surface area (Å²) in [5.41, 5.74) is 1.47. The van der Waals surface area contributed by atoms with Crippen LogP contribution < -0.4 is 20.1 Å². The van der Waals surface area contributed by atoms with Crippen LogP contribution in [0.3, 0.4) is 0 Å². The number of nitrogens with zero attached hydrogens (tertiary/aromatic N) is 2.